The van der Waals surface area contributed by atoms with E-state index in [4.69, 9.17) is 0 Å². The molecule has 1 fully saturated rings. The van der Waals surface area contributed by atoms with Crippen molar-refractivity contribution in [1.29, 1.82) is 0 Å². The largest absolute Gasteiger partial charge is 0.0654 e. The van der Waals surface area contributed by atoms with E-state index in [-0.39, 0.29) is 0 Å². The third kappa shape index (κ3) is 50.2. The third-order valence-corrected chi connectivity index (χ3v) is 19.6. The van der Waals surface area contributed by atoms with Gasteiger partial charge in [-0.05, 0) is 42.4 Å². The van der Waals surface area contributed by atoms with Gasteiger partial charge in [-0.1, -0.05) is 433 Å². The molecule has 0 aromatic carbocycles. The van der Waals surface area contributed by atoms with Crippen LogP contribution >= 0.6 is 0 Å². The standard InChI is InChI=1S/C74H148/c1-6-11-13-15-17-18-19-20-21-22-23-24-25-26-27-28-29-30-31-32-33-34-35-36-37-38-39-40-41-42-43-44-45-46-47-48-49-50-51-52-53-54-55-56-57-59-60-62-66-72(67-64-65-70(8-3)9-4)73(74-69-71(74)10-5)68-63-61-58-16-14-12-7-2/h70-74H,6-69H2,1-5H3. The number of hydrogen-bond donors (Lipinski definition) is 0. The van der Waals surface area contributed by atoms with Crippen molar-refractivity contribution in [1.82, 2.24) is 0 Å². The molecule has 74 heavy (non-hydrogen) atoms. The smallest absolute Gasteiger partial charge is 0.0352 e. The molecule has 0 heteroatoms. The highest BCUT2D eigenvalue weighted by molar-refractivity contribution is 4.93. The van der Waals surface area contributed by atoms with Gasteiger partial charge in [0.2, 0.25) is 0 Å². The summed E-state index contributed by atoms with van der Waals surface area (Å²) in [6.45, 7) is 12.0. The molecule has 0 spiro atoms. The Morgan fingerprint density at radius 3 is 0.662 bits per heavy atom. The van der Waals surface area contributed by atoms with Crippen LogP contribution in [0.25, 0.3) is 0 Å². The summed E-state index contributed by atoms with van der Waals surface area (Å²) in [6.07, 6.45) is 95.4. The Kier molecular flexibility index (Phi) is 59.0. The van der Waals surface area contributed by atoms with Gasteiger partial charge in [0.05, 0.1) is 0 Å². The van der Waals surface area contributed by atoms with Crippen LogP contribution in [0.4, 0.5) is 0 Å². The zero-order chi connectivity index (χ0) is 53.1. The normalized spacial score (nSPS) is 15.5. The van der Waals surface area contributed by atoms with Gasteiger partial charge in [0.15, 0.2) is 0 Å². The van der Waals surface area contributed by atoms with Gasteiger partial charge in [-0.3, -0.25) is 0 Å². The summed E-state index contributed by atoms with van der Waals surface area (Å²) in [6, 6.07) is 0. The molecule has 0 nitrogen and oxygen atoms in total. The Hall–Kier alpha value is 0. The van der Waals surface area contributed by atoms with Crippen molar-refractivity contribution in [3.63, 3.8) is 0 Å². The van der Waals surface area contributed by atoms with Crippen LogP contribution in [0.2, 0.25) is 0 Å². The lowest BCUT2D eigenvalue weighted by Gasteiger charge is -2.29. The molecule has 0 aromatic heterocycles. The van der Waals surface area contributed by atoms with Crippen LogP contribution in [0, 0.1) is 29.6 Å². The van der Waals surface area contributed by atoms with Gasteiger partial charge in [0.1, 0.15) is 0 Å². The second-order valence-electron chi connectivity index (χ2n) is 26.4. The molecular weight excluding hydrogens is 889 g/mol. The summed E-state index contributed by atoms with van der Waals surface area (Å²) in [4.78, 5) is 0. The van der Waals surface area contributed by atoms with Crippen LogP contribution in [0.3, 0.4) is 0 Å². The second kappa shape index (κ2) is 60.6. The highest BCUT2D eigenvalue weighted by Crippen LogP contribution is 2.52. The topological polar surface area (TPSA) is 0 Å². The van der Waals surface area contributed by atoms with Crippen molar-refractivity contribution in [2.24, 2.45) is 29.6 Å². The molecule has 0 amide bonds. The summed E-state index contributed by atoms with van der Waals surface area (Å²) >= 11 is 0. The fraction of sp³-hybridized carbons (Fsp3) is 1.00. The van der Waals surface area contributed by atoms with E-state index in [1.54, 1.807) is 25.7 Å². The SMILES string of the molecule is CCCCCCCCCCCCCCCCCCCCCCCCCCCCCCCCCCCCCCCCCCCCCCCCCCC(CCCC(CC)CC)C(CCCCCCCCC)C1CC1CC. The van der Waals surface area contributed by atoms with Gasteiger partial charge in [-0.2, -0.15) is 0 Å². The molecular formula is C74H148. The predicted octanol–water partition coefficient (Wildman–Crippen LogP) is 28.1. The zero-order valence-electron chi connectivity index (χ0n) is 53.1. The van der Waals surface area contributed by atoms with E-state index in [2.05, 4.69) is 34.6 Å². The monoisotopic (exact) mass is 1040 g/mol. The van der Waals surface area contributed by atoms with Crippen LogP contribution in [0.15, 0.2) is 0 Å². The molecule has 0 N–H and O–H groups in total. The lowest BCUT2D eigenvalue weighted by Crippen LogP contribution is -2.19. The zero-order valence-corrected chi connectivity index (χ0v) is 53.1. The molecule has 0 radical (unpaired) electrons. The minimum Gasteiger partial charge on any atom is -0.0654 e. The molecule has 0 bridgehead atoms. The number of unbranched alkanes of at least 4 members (excludes halogenated alkanes) is 53. The van der Waals surface area contributed by atoms with E-state index in [0.29, 0.717) is 0 Å². The van der Waals surface area contributed by atoms with Gasteiger partial charge >= 0.3 is 0 Å². The van der Waals surface area contributed by atoms with E-state index in [0.717, 1.165) is 29.6 Å². The third-order valence-electron chi connectivity index (χ3n) is 19.6. The Bertz CT molecular complexity index is 992. The summed E-state index contributed by atoms with van der Waals surface area (Å²) in [7, 11) is 0. The van der Waals surface area contributed by atoms with Crippen LogP contribution in [-0.2, 0) is 0 Å². The molecule has 0 aliphatic heterocycles. The van der Waals surface area contributed by atoms with Crippen molar-refractivity contribution < 1.29 is 0 Å². The molecule has 0 heterocycles. The molecule has 1 aliphatic rings. The average molecular weight is 1040 g/mol. The van der Waals surface area contributed by atoms with E-state index >= 15 is 0 Å². The number of rotatable bonds is 66. The van der Waals surface area contributed by atoms with E-state index < -0.39 is 0 Å². The van der Waals surface area contributed by atoms with Crippen molar-refractivity contribution >= 4 is 0 Å². The van der Waals surface area contributed by atoms with E-state index in [9.17, 15) is 0 Å². The van der Waals surface area contributed by atoms with Crippen LogP contribution in [0.1, 0.15) is 446 Å². The Labute approximate surface area is 472 Å². The van der Waals surface area contributed by atoms with Crippen molar-refractivity contribution in [3.8, 4) is 0 Å². The lowest BCUT2D eigenvalue weighted by molar-refractivity contribution is 0.216. The molecule has 1 aliphatic carbocycles. The van der Waals surface area contributed by atoms with Gasteiger partial charge < -0.3 is 0 Å². The Morgan fingerprint density at radius 1 is 0.230 bits per heavy atom. The second-order valence-corrected chi connectivity index (χ2v) is 26.4. The Balaban J connectivity index is 1.82. The first kappa shape index (κ1) is 72.0. The predicted molar refractivity (Wildman–Crippen MR) is 341 cm³/mol. The van der Waals surface area contributed by atoms with Crippen molar-refractivity contribution in [2.75, 3.05) is 0 Å². The van der Waals surface area contributed by atoms with Crippen LogP contribution in [-0.4, -0.2) is 0 Å². The molecule has 0 aromatic rings. The minimum absolute atomic E-state index is 0.975. The molecule has 1 saturated carbocycles. The summed E-state index contributed by atoms with van der Waals surface area (Å²) < 4.78 is 0. The quantitative estimate of drug-likeness (QED) is 0.0533. The summed E-state index contributed by atoms with van der Waals surface area (Å²) in [5.74, 6) is 5.22. The van der Waals surface area contributed by atoms with Crippen LogP contribution < -0.4 is 0 Å². The summed E-state index contributed by atoms with van der Waals surface area (Å²) in [5, 5.41) is 0. The van der Waals surface area contributed by atoms with Crippen molar-refractivity contribution in [2.45, 2.75) is 446 Å². The van der Waals surface area contributed by atoms with E-state index in [1.165, 1.54) is 385 Å². The Morgan fingerprint density at radius 2 is 0.446 bits per heavy atom. The fourth-order valence-electron chi connectivity index (χ4n) is 14.0. The molecule has 4 atom stereocenters. The summed E-state index contributed by atoms with van der Waals surface area (Å²) in [5.41, 5.74) is 0. The first-order chi connectivity index (χ1) is 36.7. The number of hydrogen-bond acceptors (Lipinski definition) is 0. The maximum Gasteiger partial charge on any atom is -0.0352 e. The molecule has 0 saturated heterocycles. The maximum absolute atomic E-state index is 2.48. The van der Waals surface area contributed by atoms with Crippen molar-refractivity contribution in [3.05, 3.63) is 0 Å². The van der Waals surface area contributed by atoms with Gasteiger partial charge in [0, 0.05) is 0 Å². The van der Waals surface area contributed by atoms with Crippen LogP contribution in [0.5, 0.6) is 0 Å². The highest BCUT2D eigenvalue weighted by atomic mass is 14.5. The van der Waals surface area contributed by atoms with Gasteiger partial charge in [-0.25, -0.2) is 0 Å². The van der Waals surface area contributed by atoms with Gasteiger partial charge in [-0.15, -0.1) is 0 Å². The first-order valence-electron chi connectivity index (χ1n) is 36.7. The minimum atomic E-state index is 0.975. The van der Waals surface area contributed by atoms with Gasteiger partial charge in [0.25, 0.3) is 0 Å². The fourth-order valence-corrected chi connectivity index (χ4v) is 14.0. The average Bonchev–Trinajstić information content (AvgIpc) is 4.21. The van der Waals surface area contributed by atoms with E-state index in [1.807, 2.05) is 0 Å². The lowest BCUT2D eigenvalue weighted by atomic mass is 9.76. The molecule has 1 rings (SSSR count). The maximum atomic E-state index is 2.48. The first-order valence-corrected chi connectivity index (χ1v) is 36.7. The molecule has 444 valence electrons. The highest BCUT2D eigenvalue weighted by Gasteiger charge is 2.43. The molecule has 4 unspecified atom stereocenters.